The molecule has 0 aromatic heterocycles. The highest BCUT2D eigenvalue weighted by molar-refractivity contribution is 6.30. The van der Waals surface area contributed by atoms with Gasteiger partial charge in [-0.15, -0.1) is 0 Å². The molecule has 1 aromatic rings. The molecule has 0 aliphatic carbocycles. The van der Waals surface area contributed by atoms with E-state index in [1.54, 1.807) is 31.2 Å². The molecule has 13 heavy (non-hydrogen) atoms. The summed E-state index contributed by atoms with van der Waals surface area (Å²) in [5.41, 5.74) is 0.783. The van der Waals surface area contributed by atoms with Crippen LogP contribution in [0.1, 0.15) is 18.6 Å². The van der Waals surface area contributed by atoms with Crippen LogP contribution in [0.5, 0.6) is 0 Å². The molecule has 2 nitrogen and oxygen atoms in total. The molecule has 72 valence electrons. The van der Waals surface area contributed by atoms with Crippen molar-refractivity contribution in [3.63, 3.8) is 0 Å². The molecule has 0 unspecified atom stereocenters. The Labute approximate surface area is 82.8 Å². The molecular weight excluding hydrogens is 188 g/mol. The number of aliphatic hydroxyl groups is 2. The molecule has 0 saturated carbocycles. The Balaban J connectivity index is 2.77. The molecule has 2 atom stereocenters. The van der Waals surface area contributed by atoms with Crippen molar-refractivity contribution in [1.82, 2.24) is 0 Å². The minimum absolute atomic E-state index is 0.0240. The number of halogens is 1. The van der Waals surface area contributed by atoms with Gasteiger partial charge in [-0.3, -0.25) is 0 Å². The van der Waals surface area contributed by atoms with Gasteiger partial charge in [0.25, 0.3) is 0 Å². The van der Waals surface area contributed by atoms with Crippen LogP contribution >= 0.6 is 11.6 Å². The van der Waals surface area contributed by atoms with E-state index in [1.165, 1.54) is 0 Å². The van der Waals surface area contributed by atoms with Crippen LogP contribution in [0.4, 0.5) is 0 Å². The fraction of sp³-hybridized carbons (Fsp3) is 0.400. The molecule has 0 bridgehead atoms. The molecule has 0 saturated heterocycles. The van der Waals surface area contributed by atoms with E-state index in [2.05, 4.69) is 0 Å². The zero-order valence-electron chi connectivity index (χ0n) is 7.44. The average molecular weight is 201 g/mol. The van der Waals surface area contributed by atoms with Crippen molar-refractivity contribution >= 4 is 11.6 Å². The Morgan fingerprint density at radius 2 is 1.85 bits per heavy atom. The number of aliphatic hydroxyl groups excluding tert-OH is 2. The second-order valence-corrected chi connectivity index (χ2v) is 3.59. The molecule has 0 spiro atoms. The maximum absolute atomic E-state index is 9.68. The smallest absolute Gasteiger partial charge is 0.0837 e. The van der Waals surface area contributed by atoms with Crippen molar-refractivity contribution in [3.8, 4) is 0 Å². The quantitative estimate of drug-likeness (QED) is 0.784. The summed E-state index contributed by atoms with van der Waals surface area (Å²) in [7, 11) is 0. The lowest BCUT2D eigenvalue weighted by Gasteiger charge is -2.16. The van der Waals surface area contributed by atoms with E-state index in [4.69, 9.17) is 16.7 Å². The first kappa shape index (κ1) is 10.5. The molecule has 0 fully saturated rings. The summed E-state index contributed by atoms with van der Waals surface area (Å²) in [6.07, 6.45) is -0.623. The number of benzene rings is 1. The van der Waals surface area contributed by atoms with Crippen molar-refractivity contribution in [2.45, 2.75) is 13.0 Å². The van der Waals surface area contributed by atoms with E-state index < -0.39 is 6.10 Å². The summed E-state index contributed by atoms with van der Waals surface area (Å²) in [5.74, 6) is -0.152. The molecule has 2 N–H and O–H groups in total. The number of hydrogen-bond donors (Lipinski definition) is 2. The van der Waals surface area contributed by atoms with Crippen LogP contribution in [-0.2, 0) is 0 Å². The van der Waals surface area contributed by atoms with Gasteiger partial charge < -0.3 is 10.2 Å². The molecule has 0 radical (unpaired) electrons. The summed E-state index contributed by atoms with van der Waals surface area (Å²) in [6.45, 7) is 1.77. The maximum Gasteiger partial charge on any atom is 0.0837 e. The number of hydrogen-bond acceptors (Lipinski definition) is 2. The Bertz CT molecular complexity index is 258. The first-order valence-corrected chi connectivity index (χ1v) is 4.57. The van der Waals surface area contributed by atoms with Crippen LogP contribution in [-0.4, -0.2) is 16.8 Å². The highest BCUT2D eigenvalue weighted by atomic mass is 35.5. The SMILES string of the molecule is C[C@H](CO)[C@@H](O)c1ccc(Cl)cc1. The van der Waals surface area contributed by atoms with Gasteiger partial charge in [-0.25, -0.2) is 0 Å². The Hall–Kier alpha value is -0.570. The third kappa shape index (κ3) is 2.69. The normalized spacial score (nSPS) is 15.4. The van der Waals surface area contributed by atoms with Gasteiger partial charge in [0.05, 0.1) is 6.10 Å². The van der Waals surface area contributed by atoms with Crippen LogP contribution in [0.15, 0.2) is 24.3 Å². The van der Waals surface area contributed by atoms with E-state index in [0.717, 1.165) is 5.56 Å². The van der Waals surface area contributed by atoms with Crippen LogP contribution in [0.25, 0.3) is 0 Å². The van der Waals surface area contributed by atoms with E-state index in [9.17, 15) is 5.11 Å². The van der Waals surface area contributed by atoms with Gasteiger partial charge in [0.2, 0.25) is 0 Å². The summed E-state index contributed by atoms with van der Waals surface area (Å²) < 4.78 is 0. The first-order valence-electron chi connectivity index (χ1n) is 4.19. The van der Waals surface area contributed by atoms with Crippen molar-refractivity contribution in [3.05, 3.63) is 34.9 Å². The van der Waals surface area contributed by atoms with Crippen LogP contribution in [0.2, 0.25) is 5.02 Å². The molecular formula is C10H13ClO2. The lowest BCUT2D eigenvalue weighted by Crippen LogP contribution is -2.12. The van der Waals surface area contributed by atoms with Gasteiger partial charge in [-0.1, -0.05) is 30.7 Å². The maximum atomic E-state index is 9.68. The first-order chi connectivity index (χ1) is 6.15. The topological polar surface area (TPSA) is 40.5 Å². The minimum atomic E-state index is -0.623. The second kappa shape index (κ2) is 4.61. The zero-order valence-corrected chi connectivity index (χ0v) is 8.20. The van der Waals surface area contributed by atoms with Gasteiger partial charge >= 0.3 is 0 Å². The van der Waals surface area contributed by atoms with Crippen LogP contribution in [0.3, 0.4) is 0 Å². The fourth-order valence-electron chi connectivity index (χ4n) is 1.09. The van der Waals surface area contributed by atoms with Crippen LogP contribution in [0, 0.1) is 5.92 Å². The summed E-state index contributed by atoms with van der Waals surface area (Å²) >= 11 is 5.70. The van der Waals surface area contributed by atoms with Gasteiger partial charge in [0.1, 0.15) is 0 Å². The van der Waals surface area contributed by atoms with Crippen molar-refractivity contribution in [2.24, 2.45) is 5.92 Å². The molecule has 0 aliphatic rings. The highest BCUT2D eigenvalue weighted by Gasteiger charge is 2.14. The largest absolute Gasteiger partial charge is 0.396 e. The van der Waals surface area contributed by atoms with Gasteiger partial charge in [0, 0.05) is 17.5 Å². The zero-order chi connectivity index (χ0) is 9.84. The van der Waals surface area contributed by atoms with E-state index in [-0.39, 0.29) is 12.5 Å². The third-order valence-corrected chi connectivity index (χ3v) is 2.29. The predicted molar refractivity (Wildman–Crippen MR) is 52.7 cm³/mol. The van der Waals surface area contributed by atoms with E-state index in [1.807, 2.05) is 0 Å². The standard InChI is InChI=1S/C10H13ClO2/c1-7(6-12)10(13)8-2-4-9(11)5-3-8/h2-5,7,10,12-13H,6H2,1H3/t7-,10-/m1/s1. The fourth-order valence-corrected chi connectivity index (χ4v) is 1.21. The van der Waals surface area contributed by atoms with Gasteiger partial charge in [0.15, 0.2) is 0 Å². The van der Waals surface area contributed by atoms with Gasteiger partial charge in [-0.05, 0) is 17.7 Å². The average Bonchev–Trinajstić information content (AvgIpc) is 2.17. The minimum Gasteiger partial charge on any atom is -0.396 e. The van der Waals surface area contributed by atoms with E-state index in [0.29, 0.717) is 5.02 Å². The van der Waals surface area contributed by atoms with E-state index >= 15 is 0 Å². The van der Waals surface area contributed by atoms with Crippen molar-refractivity contribution < 1.29 is 10.2 Å². The summed E-state index contributed by atoms with van der Waals surface area (Å²) in [5, 5.41) is 19.2. The Morgan fingerprint density at radius 1 is 1.31 bits per heavy atom. The number of rotatable bonds is 3. The molecule has 3 heteroatoms. The molecule has 1 rings (SSSR count). The second-order valence-electron chi connectivity index (χ2n) is 3.16. The monoisotopic (exact) mass is 200 g/mol. The Kier molecular flexibility index (Phi) is 3.72. The third-order valence-electron chi connectivity index (χ3n) is 2.04. The van der Waals surface area contributed by atoms with Gasteiger partial charge in [-0.2, -0.15) is 0 Å². The molecule has 0 heterocycles. The highest BCUT2D eigenvalue weighted by Crippen LogP contribution is 2.22. The predicted octanol–water partition coefficient (Wildman–Crippen LogP) is 2.00. The molecule has 0 aliphatic heterocycles. The lowest BCUT2D eigenvalue weighted by atomic mass is 9.98. The lowest BCUT2D eigenvalue weighted by molar-refractivity contribution is 0.0770. The Morgan fingerprint density at radius 3 is 2.31 bits per heavy atom. The molecule has 0 amide bonds. The van der Waals surface area contributed by atoms with Crippen molar-refractivity contribution in [1.29, 1.82) is 0 Å². The molecule has 1 aromatic carbocycles. The summed E-state index contributed by atoms with van der Waals surface area (Å²) in [4.78, 5) is 0. The van der Waals surface area contributed by atoms with Crippen LogP contribution < -0.4 is 0 Å². The summed E-state index contributed by atoms with van der Waals surface area (Å²) in [6, 6.07) is 6.98. The van der Waals surface area contributed by atoms with Crippen molar-refractivity contribution in [2.75, 3.05) is 6.61 Å².